The van der Waals surface area contributed by atoms with E-state index in [0.717, 1.165) is 18.5 Å². The van der Waals surface area contributed by atoms with Crippen LogP contribution in [0, 0.1) is 0 Å². The molecule has 0 aromatic heterocycles. The molecule has 1 atom stereocenters. The van der Waals surface area contributed by atoms with Crippen molar-refractivity contribution < 1.29 is 19.4 Å². The highest BCUT2D eigenvalue weighted by Crippen LogP contribution is 2.27. The van der Waals surface area contributed by atoms with Gasteiger partial charge in [-0.05, 0) is 51.3 Å². The number of aliphatic imine (C=N–C) groups is 1. The second-order valence-corrected chi connectivity index (χ2v) is 7.09. The molecular weight excluding hydrogens is 358 g/mol. The fourth-order valence-corrected chi connectivity index (χ4v) is 2.86. The quantitative estimate of drug-likeness (QED) is 0.419. The van der Waals surface area contributed by atoms with Crippen LogP contribution >= 0.6 is 0 Å². The molecule has 0 unspecified atom stereocenters. The summed E-state index contributed by atoms with van der Waals surface area (Å²) in [5, 5.41) is 11.8. The lowest BCUT2D eigenvalue weighted by Gasteiger charge is -2.21. The number of ether oxygens (including phenoxy) is 2. The number of amides is 1. The van der Waals surface area contributed by atoms with Crippen LogP contribution < -0.4 is 10.1 Å². The van der Waals surface area contributed by atoms with Crippen molar-refractivity contribution in [2.45, 2.75) is 24.8 Å². The van der Waals surface area contributed by atoms with Crippen LogP contribution in [0.2, 0.25) is 0 Å². The zero-order valence-electron chi connectivity index (χ0n) is 16.8. The van der Waals surface area contributed by atoms with Crippen LogP contribution in [0.15, 0.2) is 41.9 Å². The summed E-state index contributed by atoms with van der Waals surface area (Å²) >= 11 is 0. The average molecular weight is 389 g/mol. The number of aliphatic hydroxyl groups excluding tert-OH is 1. The van der Waals surface area contributed by atoms with E-state index in [1.807, 2.05) is 38.4 Å². The van der Waals surface area contributed by atoms with Gasteiger partial charge in [0.2, 0.25) is 5.90 Å². The molecule has 0 fully saturated rings. The molecule has 7 heteroatoms. The van der Waals surface area contributed by atoms with Gasteiger partial charge in [0.25, 0.3) is 5.91 Å². The second kappa shape index (κ2) is 10.8. The first-order valence-corrected chi connectivity index (χ1v) is 9.61. The van der Waals surface area contributed by atoms with E-state index in [0.29, 0.717) is 37.6 Å². The van der Waals surface area contributed by atoms with Crippen molar-refractivity contribution in [2.75, 3.05) is 47.0 Å². The number of hydrogen-bond acceptors (Lipinski definition) is 6. The van der Waals surface area contributed by atoms with E-state index in [1.54, 1.807) is 6.08 Å². The molecule has 0 radical (unpaired) electrons. The van der Waals surface area contributed by atoms with Crippen molar-refractivity contribution in [3.63, 3.8) is 0 Å². The van der Waals surface area contributed by atoms with Gasteiger partial charge in [-0.2, -0.15) is 0 Å². The highest BCUT2D eigenvalue weighted by Gasteiger charge is 2.43. The van der Waals surface area contributed by atoms with E-state index in [-0.39, 0.29) is 19.1 Å². The maximum Gasteiger partial charge on any atom is 0.251 e. The molecule has 0 aliphatic carbocycles. The zero-order chi connectivity index (χ0) is 20.4. The molecule has 2 rings (SSSR count). The molecule has 1 amide bonds. The van der Waals surface area contributed by atoms with E-state index in [2.05, 4.69) is 21.8 Å². The lowest BCUT2D eigenvalue weighted by Crippen LogP contribution is -2.47. The number of carbonyl (C=O) groups is 1. The Morgan fingerprint density at radius 3 is 2.79 bits per heavy atom. The Bertz CT molecular complexity index is 673. The lowest BCUT2D eigenvalue weighted by atomic mass is 9.96. The van der Waals surface area contributed by atoms with E-state index in [4.69, 9.17) is 14.6 Å². The molecule has 1 aliphatic heterocycles. The Morgan fingerprint density at radius 2 is 2.14 bits per heavy atom. The minimum absolute atomic E-state index is 0.103. The molecule has 0 spiro atoms. The van der Waals surface area contributed by atoms with Crippen LogP contribution in [0.3, 0.4) is 0 Å². The normalized spacial score (nSPS) is 18.5. The predicted octanol–water partition coefficient (Wildman–Crippen LogP) is 1.61. The first-order chi connectivity index (χ1) is 13.5. The van der Waals surface area contributed by atoms with Gasteiger partial charge in [0.15, 0.2) is 5.54 Å². The third-order valence-corrected chi connectivity index (χ3v) is 4.41. The molecule has 154 valence electrons. The van der Waals surface area contributed by atoms with Gasteiger partial charge in [0.1, 0.15) is 12.4 Å². The van der Waals surface area contributed by atoms with E-state index >= 15 is 0 Å². The Labute approximate surface area is 167 Å². The first kappa shape index (κ1) is 21.9. The van der Waals surface area contributed by atoms with Crippen LogP contribution in [0.5, 0.6) is 5.75 Å². The topological polar surface area (TPSA) is 83.4 Å². The average Bonchev–Trinajstić information content (AvgIpc) is 3.11. The minimum Gasteiger partial charge on any atom is -0.494 e. The van der Waals surface area contributed by atoms with E-state index < -0.39 is 5.54 Å². The summed E-state index contributed by atoms with van der Waals surface area (Å²) in [5.74, 6) is 1.03. The molecule has 2 N–H and O–H groups in total. The fraction of sp³-hybridized carbons (Fsp3) is 0.524. The van der Waals surface area contributed by atoms with Crippen LogP contribution in [0.25, 0.3) is 0 Å². The number of aliphatic hydroxyl groups is 1. The zero-order valence-corrected chi connectivity index (χ0v) is 16.8. The number of hydrogen-bond donors (Lipinski definition) is 2. The van der Waals surface area contributed by atoms with Crippen LogP contribution in [0.4, 0.5) is 0 Å². The largest absolute Gasteiger partial charge is 0.494 e. The van der Waals surface area contributed by atoms with Crippen molar-refractivity contribution in [1.29, 1.82) is 0 Å². The third-order valence-electron chi connectivity index (χ3n) is 4.41. The summed E-state index contributed by atoms with van der Waals surface area (Å²) in [6, 6.07) is 7.36. The Balaban J connectivity index is 2.03. The van der Waals surface area contributed by atoms with Gasteiger partial charge in [-0.25, -0.2) is 4.99 Å². The SMILES string of the molecule is C=CC[C@]1(C(=O)NCCCN(C)C)COC(c2ccc(OCCCO)cc2)=N1. The molecular formula is C21H31N3O4. The third kappa shape index (κ3) is 6.07. The molecule has 0 bridgehead atoms. The summed E-state index contributed by atoms with van der Waals surface area (Å²) < 4.78 is 11.3. The molecule has 0 saturated heterocycles. The van der Waals surface area contributed by atoms with E-state index in [1.165, 1.54) is 0 Å². The molecule has 28 heavy (non-hydrogen) atoms. The van der Waals surface area contributed by atoms with Gasteiger partial charge in [-0.1, -0.05) is 6.08 Å². The van der Waals surface area contributed by atoms with Gasteiger partial charge in [0.05, 0.1) is 6.61 Å². The van der Waals surface area contributed by atoms with Crippen molar-refractivity contribution >= 4 is 11.8 Å². The lowest BCUT2D eigenvalue weighted by molar-refractivity contribution is -0.126. The van der Waals surface area contributed by atoms with Gasteiger partial charge >= 0.3 is 0 Å². The van der Waals surface area contributed by atoms with Crippen LogP contribution in [0.1, 0.15) is 24.8 Å². The number of carbonyl (C=O) groups excluding carboxylic acids is 1. The maximum absolute atomic E-state index is 12.8. The van der Waals surface area contributed by atoms with Crippen LogP contribution in [-0.4, -0.2) is 74.4 Å². The Hall–Kier alpha value is -2.38. The number of nitrogens with one attached hydrogen (secondary N) is 1. The molecule has 1 heterocycles. The summed E-state index contributed by atoms with van der Waals surface area (Å²) in [6.45, 7) is 6.04. The van der Waals surface area contributed by atoms with Gasteiger partial charge in [-0.3, -0.25) is 4.79 Å². The van der Waals surface area contributed by atoms with Crippen molar-refractivity contribution in [2.24, 2.45) is 4.99 Å². The minimum atomic E-state index is -0.967. The number of rotatable bonds is 12. The number of nitrogens with zero attached hydrogens (tertiary/aromatic N) is 2. The summed E-state index contributed by atoms with van der Waals surface area (Å²) in [7, 11) is 4.01. The van der Waals surface area contributed by atoms with Gasteiger partial charge in [0, 0.05) is 31.6 Å². The first-order valence-electron chi connectivity index (χ1n) is 9.61. The molecule has 1 aromatic carbocycles. The van der Waals surface area contributed by atoms with Gasteiger partial charge < -0.3 is 24.8 Å². The van der Waals surface area contributed by atoms with E-state index in [9.17, 15) is 4.79 Å². The molecule has 1 aliphatic rings. The summed E-state index contributed by atoms with van der Waals surface area (Å²) in [5.41, 5.74) is -0.174. The Kier molecular flexibility index (Phi) is 8.47. The fourth-order valence-electron chi connectivity index (χ4n) is 2.86. The van der Waals surface area contributed by atoms with Crippen molar-refractivity contribution in [3.05, 3.63) is 42.5 Å². The van der Waals surface area contributed by atoms with Crippen LogP contribution in [-0.2, 0) is 9.53 Å². The number of benzene rings is 1. The molecule has 7 nitrogen and oxygen atoms in total. The highest BCUT2D eigenvalue weighted by molar-refractivity contribution is 6.00. The van der Waals surface area contributed by atoms with Gasteiger partial charge in [-0.15, -0.1) is 6.58 Å². The monoisotopic (exact) mass is 389 g/mol. The standard InChI is InChI=1S/C21H31N3O4/c1-4-11-21(20(26)22-12-5-13-24(2)3)16-28-19(23-21)17-7-9-18(10-8-17)27-15-6-14-25/h4,7-10,25H,1,5-6,11-16H2,2-3H3,(H,22,26)/t21-/m1/s1. The Morgan fingerprint density at radius 1 is 1.39 bits per heavy atom. The van der Waals surface area contributed by atoms with Crippen molar-refractivity contribution in [1.82, 2.24) is 10.2 Å². The second-order valence-electron chi connectivity index (χ2n) is 7.09. The smallest absolute Gasteiger partial charge is 0.251 e. The molecule has 0 saturated carbocycles. The summed E-state index contributed by atoms with van der Waals surface area (Å²) in [6.07, 6.45) is 3.58. The van der Waals surface area contributed by atoms with Crippen molar-refractivity contribution in [3.8, 4) is 5.75 Å². The molecule has 1 aromatic rings. The predicted molar refractivity (Wildman–Crippen MR) is 110 cm³/mol. The highest BCUT2D eigenvalue weighted by atomic mass is 16.5. The maximum atomic E-state index is 12.8. The summed E-state index contributed by atoms with van der Waals surface area (Å²) in [4.78, 5) is 19.5.